The molecule has 0 spiro atoms. The fourth-order valence-corrected chi connectivity index (χ4v) is 3.18. The molecule has 0 bridgehead atoms. The third-order valence-electron chi connectivity index (χ3n) is 4.59. The van der Waals surface area contributed by atoms with Crippen LogP contribution in [0.1, 0.15) is 22.0 Å². The summed E-state index contributed by atoms with van der Waals surface area (Å²) in [5.41, 5.74) is 2.38. The van der Waals surface area contributed by atoms with Crippen molar-refractivity contribution in [2.75, 3.05) is 45.6 Å². The van der Waals surface area contributed by atoms with Crippen molar-refractivity contribution >= 4 is 29.9 Å². The van der Waals surface area contributed by atoms with Crippen molar-refractivity contribution in [3.8, 4) is 0 Å². The van der Waals surface area contributed by atoms with E-state index in [0.29, 0.717) is 17.8 Å². The Balaban J connectivity index is 0.00000280. The lowest BCUT2D eigenvalue weighted by Gasteiger charge is -2.35. The van der Waals surface area contributed by atoms with E-state index in [1.54, 1.807) is 44.6 Å². The van der Waals surface area contributed by atoms with E-state index < -0.39 is 0 Å². The van der Waals surface area contributed by atoms with E-state index in [4.69, 9.17) is 0 Å². The van der Waals surface area contributed by atoms with Gasteiger partial charge in [0.15, 0.2) is 0 Å². The van der Waals surface area contributed by atoms with E-state index in [1.165, 1.54) is 4.90 Å². The van der Waals surface area contributed by atoms with Gasteiger partial charge in [-0.25, -0.2) is 0 Å². The van der Waals surface area contributed by atoms with Crippen LogP contribution in [-0.4, -0.2) is 66.9 Å². The number of aromatic nitrogens is 1. The van der Waals surface area contributed by atoms with Crippen LogP contribution in [0.3, 0.4) is 0 Å². The molecule has 2 heterocycles. The van der Waals surface area contributed by atoms with Crippen molar-refractivity contribution in [2.24, 2.45) is 0 Å². The molecular formula is C20H26ClN5O2. The minimum absolute atomic E-state index is 0. The van der Waals surface area contributed by atoms with Crippen LogP contribution in [0.2, 0.25) is 0 Å². The molecule has 7 nitrogen and oxygen atoms in total. The second-order valence-corrected chi connectivity index (χ2v) is 6.80. The van der Waals surface area contributed by atoms with Gasteiger partial charge in [-0.15, -0.1) is 12.4 Å². The number of nitrogens with one attached hydrogen (secondary N) is 2. The lowest BCUT2D eigenvalue weighted by molar-refractivity contribution is -0.118. The zero-order valence-corrected chi connectivity index (χ0v) is 16.9. The second kappa shape index (κ2) is 10.2. The number of hydrogen-bond donors (Lipinski definition) is 2. The van der Waals surface area contributed by atoms with Crippen molar-refractivity contribution in [1.82, 2.24) is 20.1 Å². The molecule has 1 aliphatic rings. The Kier molecular flexibility index (Phi) is 7.92. The van der Waals surface area contributed by atoms with E-state index >= 15 is 0 Å². The highest BCUT2D eigenvalue weighted by Gasteiger charge is 2.25. The number of anilines is 1. The molecule has 1 unspecified atom stereocenters. The molecule has 1 atom stereocenters. The number of amides is 2. The third-order valence-corrected chi connectivity index (χ3v) is 4.59. The SMILES string of the molecule is CN(C)C(=O)c1ccc(NC(=O)CN2CCNCC2c2cccnc2)cc1.Cl. The van der Waals surface area contributed by atoms with Gasteiger partial charge in [0.05, 0.1) is 6.54 Å². The monoisotopic (exact) mass is 403 g/mol. The summed E-state index contributed by atoms with van der Waals surface area (Å²) in [6.07, 6.45) is 3.60. The van der Waals surface area contributed by atoms with Gasteiger partial charge < -0.3 is 15.5 Å². The summed E-state index contributed by atoms with van der Waals surface area (Å²) in [5.74, 6) is -0.134. The lowest BCUT2D eigenvalue weighted by atomic mass is 10.1. The van der Waals surface area contributed by atoms with Gasteiger partial charge in [0.1, 0.15) is 0 Å². The molecule has 2 amide bonds. The Morgan fingerprint density at radius 3 is 2.64 bits per heavy atom. The normalized spacial score (nSPS) is 16.7. The number of piperazine rings is 1. The maximum atomic E-state index is 12.5. The van der Waals surface area contributed by atoms with Gasteiger partial charge in [-0.2, -0.15) is 0 Å². The van der Waals surface area contributed by atoms with Crippen LogP contribution in [0.4, 0.5) is 5.69 Å². The van der Waals surface area contributed by atoms with Gasteiger partial charge in [0.25, 0.3) is 5.91 Å². The molecule has 150 valence electrons. The molecular weight excluding hydrogens is 378 g/mol. The summed E-state index contributed by atoms with van der Waals surface area (Å²) >= 11 is 0. The number of benzene rings is 1. The van der Waals surface area contributed by atoms with Crippen molar-refractivity contribution in [3.63, 3.8) is 0 Å². The van der Waals surface area contributed by atoms with Gasteiger partial charge in [0, 0.05) is 63.4 Å². The first-order chi connectivity index (χ1) is 13.0. The molecule has 1 saturated heterocycles. The van der Waals surface area contributed by atoms with E-state index in [0.717, 1.165) is 25.2 Å². The summed E-state index contributed by atoms with van der Waals surface area (Å²) in [4.78, 5) is 32.3. The smallest absolute Gasteiger partial charge is 0.253 e. The maximum Gasteiger partial charge on any atom is 0.253 e. The predicted molar refractivity (Wildman–Crippen MR) is 112 cm³/mol. The van der Waals surface area contributed by atoms with E-state index in [1.807, 2.05) is 18.3 Å². The molecule has 1 aromatic heterocycles. The number of hydrogen-bond acceptors (Lipinski definition) is 5. The molecule has 0 aliphatic carbocycles. The summed E-state index contributed by atoms with van der Waals surface area (Å²) in [5, 5.41) is 6.29. The molecule has 1 aliphatic heterocycles. The van der Waals surface area contributed by atoms with Crippen molar-refractivity contribution in [1.29, 1.82) is 0 Å². The molecule has 0 radical (unpaired) electrons. The van der Waals surface area contributed by atoms with Crippen LogP contribution in [0.5, 0.6) is 0 Å². The number of pyridine rings is 1. The number of nitrogens with zero attached hydrogens (tertiary/aromatic N) is 3. The average molecular weight is 404 g/mol. The summed E-state index contributed by atoms with van der Waals surface area (Å²) in [6, 6.07) is 11.0. The standard InChI is InChI=1S/C20H25N5O2.ClH/c1-24(2)20(27)15-5-7-17(8-6-15)23-19(26)14-25-11-10-22-13-18(25)16-4-3-9-21-12-16;/h3-9,12,18,22H,10-11,13-14H2,1-2H3,(H,23,26);1H. The third kappa shape index (κ3) is 5.51. The Morgan fingerprint density at radius 2 is 2.00 bits per heavy atom. The first-order valence-electron chi connectivity index (χ1n) is 9.01. The highest BCUT2D eigenvalue weighted by Crippen LogP contribution is 2.21. The molecule has 0 saturated carbocycles. The maximum absolute atomic E-state index is 12.5. The lowest BCUT2D eigenvalue weighted by Crippen LogP contribution is -2.48. The molecule has 3 rings (SSSR count). The highest BCUT2D eigenvalue weighted by molar-refractivity contribution is 5.96. The number of halogens is 1. The molecule has 2 N–H and O–H groups in total. The fraction of sp³-hybridized carbons (Fsp3) is 0.350. The average Bonchev–Trinajstić information content (AvgIpc) is 2.69. The molecule has 8 heteroatoms. The summed E-state index contributed by atoms with van der Waals surface area (Å²) < 4.78 is 0. The van der Waals surface area contributed by atoms with Crippen LogP contribution >= 0.6 is 12.4 Å². The Bertz CT molecular complexity index is 783. The summed E-state index contributed by atoms with van der Waals surface area (Å²) in [7, 11) is 3.42. The topological polar surface area (TPSA) is 77.6 Å². The van der Waals surface area contributed by atoms with Gasteiger partial charge in [0.2, 0.25) is 5.91 Å². The quantitative estimate of drug-likeness (QED) is 0.795. The predicted octanol–water partition coefficient (Wildman–Crippen LogP) is 1.79. The largest absolute Gasteiger partial charge is 0.345 e. The van der Waals surface area contributed by atoms with Gasteiger partial charge in [-0.3, -0.25) is 19.5 Å². The Hall–Kier alpha value is -2.48. The van der Waals surface area contributed by atoms with Crippen molar-refractivity contribution < 1.29 is 9.59 Å². The number of rotatable bonds is 5. The first-order valence-corrected chi connectivity index (χ1v) is 9.01. The fourth-order valence-electron chi connectivity index (χ4n) is 3.18. The highest BCUT2D eigenvalue weighted by atomic mass is 35.5. The minimum atomic E-state index is -0.0718. The van der Waals surface area contributed by atoms with Gasteiger partial charge >= 0.3 is 0 Å². The molecule has 1 aromatic carbocycles. The Morgan fingerprint density at radius 1 is 1.25 bits per heavy atom. The minimum Gasteiger partial charge on any atom is -0.345 e. The van der Waals surface area contributed by atoms with E-state index in [9.17, 15) is 9.59 Å². The van der Waals surface area contributed by atoms with E-state index in [-0.39, 0.29) is 30.3 Å². The van der Waals surface area contributed by atoms with Crippen molar-refractivity contribution in [3.05, 3.63) is 59.9 Å². The number of carbonyl (C=O) groups is 2. The van der Waals surface area contributed by atoms with Crippen LogP contribution in [0.25, 0.3) is 0 Å². The van der Waals surface area contributed by atoms with Crippen LogP contribution in [-0.2, 0) is 4.79 Å². The second-order valence-electron chi connectivity index (χ2n) is 6.80. The molecule has 1 fully saturated rings. The van der Waals surface area contributed by atoms with Crippen LogP contribution < -0.4 is 10.6 Å². The zero-order valence-electron chi connectivity index (χ0n) is 16.1. The van der Waals surface area contributed by atoms with Gasteiger partial charge in [-0.05, 0) is 35.9 Å². The van der Waals surface area contributed by atoms with Gasteiger partial charge in [-0.1, -0.05) is 6.07 Å². The summed E-state index contributed by atoms with van der Waals surface area (Å²) in [6.45, 7) is 2.74. The van der Waals surface area contributed by atoms with Crippen LogP contribution in [0.15, 0.2) is 48.8 Å². The van der Waals surface area contributed by atoms with Crippen molar-refractivity contribution in [2.45, 2.75) is 6.04 Å². The van der Waals surface area contributed by atoms with Crippen LogP contribution in [0, 0.1) is 0 Å². The van der Waals surface area contributed by atoms with E-state index in [2.05, 4.69) is 20.5 Å². The molecule has 2 aromatic rings. The number of carbonyl (C=O) groups excluding carboxylic acids is 2. The molecule has 28 heavy (non-hydrogen) atoms. The zero-order chi connectivity index (χ0) is 19.2. The Labute approximate surface area is 171 Å². The first kappa shape index (κ1) is 21.8.